The summed E-state index contributed by atoms with van der Waals surface area (Å²) in [6.07, 6.45) is 4.29. The van der Waals surface area contributed by atoms with Crippen molar-refractivity contribution in [2.75, 3.05) is 0 Å². The molecule has 0 aliphatic heterocycles. The van der Waals surface area contributed by atoms with Gasteiger partial charge in [-0.3, -0.25) is 9.78 Å². The molecule has 1 N–H and O–H groups in total. The fraction of sp³-hybridized carbons (Fsp3) is 0.0909. The van der Waals surface area contributed by atoms with Gasteiger partial charge >= 0.3 is 0 Å². The van der Waals surface area contributed by atoms with Crippen LogP contribution in [-0.4, -0.2) is 16.3 Å². The SMILES string of the molecule is Cc1[nH]c(-c2ccncc2)c(Br)c1C=O. The molecule has 2 heterocycles. The number of H-pyrrole nitrogens is 1. The molecule has 0 aliphatic rings. The Hall–Kier alpha value is -1.42. The van der Waals surface area contributed by atoms with Crippen LogP contribution in [0.2, 0.25) is 0 Å². The Morgan fingerprint density at radius 3 is 2.60 bits per heavy atom. The van der Waals surface area contributed by atoms with Gasteiger partial charge in [0.15, 0.2) is 6.29 Å². The van der Waals surface area contributed by atoms with E-state index in [2.05, 4.69) is 25.9 Å². The van der Waals surface area contributed by atoms with Crippen LogP contribution in [0.4, 0.5) is 0 Å². The van der Waals surface area contributed by atoms with Crippen LogP contribution in [0.3, 0.4) is 0 Å². The number of rotatable bonds is 2. The van der Waals surface area contributed by atoms with Gasteiger partial charge in [-0.1, -0.05) is 0 Å². The molecule has 15 heavy (non-hydrogen) atoms. The number of aryl methyl sites for hydroxylation is 1. The van der Waals surface area contributed by atoms with E-state index in [1.54, 1.807) is 12.4 Å². The molecule has 0 aromatic carbocycles. The Morgan fingerprint density at radius 1 is 1.40 bits per heavy atom. The lowest BCUT2D eigenvalue weighted by atomic mass is 10.2. The first-order valence-corrected chi connectivity index (χ1v) is 5.27. The van der Waals surface area contributed by atoms with Gasteiger partial charge in [-0.15, -0.1) is 0 Å². The molecule has 0 aliphatic carbocycles. The molecule has 0 unspecified atom stereocenters. The molecule has 2 aromatic rings. The Labute approximate surface area is 95.7 Å². The Kier molecular flexibility index (Phi) is 2.68. The summed E-state index contributed by atoms with van der Waals surface area (Å²) < 4.78 is 0.807. The molecular formula is C11H9BrN2O. The second-order valence-electron chi connectivity index (χ2n) is 3.21. The van der Waals surface area contributed by atoms with Gasteiger partial charge < -0.3 is 4.98 Å². The van der Waals surface area contributed by atoms with Gasteiger partial charge in [0.25, 0.3) is 0 Å². The minimum absolute atomic E-state index is 0.668. The van der Waals surface area contributed by atoms with Gasteiger partial charge in [-0.2, -0.15) is 0 Å². The Bertz CT molecular complexity index is 491. The lowest BCUT2D eigenvalue weighted by Gasteiger charge is -1.97. The van der Waals surface area contributed by atoms with Crippen molar-refractivity contribution in [1.82, 2.24) is 9.97 Å². The van der Waals surface area contributed by atoms with Gasteiger partial charge in [0.05, 0.1) is 10.2 Å². The number of carbonyl (C=O) groups is 1. The number of carbonyl (C=O) groups excluding carboxylic acids is 1. The van der Waals surface area contributed by atoms with Crippen molar-refractivity contribution in [3.05, 3.63) is 40.3 Å². The van der Waals surface area contributed by atoms with E-state index in [9.17, 15) is 4.79 Å². The quantitative estimate of drug-likeness (QED) is 0.848. The maximum atomic E-state index is 10.8. The van der Waals surface area contributed by atoms with Crippen molar-refractivity contribution in [2.24, 2.45) is 0 Å². The molecular weight excluding hydrogens is 256 g/mol. The summed E-state index contributed by atoms with van der Waals surface area (Å²) in [6, 6.07) is 3.79. The number of hydrogen-bond acceptors (Lipinski definition) is 2. The Balaban J connectivity index is 2.60. The fourth-order valence-electron chi connectivity index (χ4n) is 1.47. The molecule has 0 saturated heterocycles. The monoisotopic (exact) mass is 264 g/mol. The number of aldehydes is 1. The molecule has 0 saturated carbocycles. The first-order valence-electron chi connectivity index (χ1n) is 4.47. The summed E-state index contributed by atoms with van der Waals surface area (Å²) in [4.78, 5) is 18.0. The highest BCUT2D eigenvalue weighted by Crippen LogP contribution is 2.31. The zero-order chi connectivity index (χ0) is 10.8. The van der Waals surface area contributed by atoms with Crippen LogP contribution in [0.15, 0.2) is 29.0 Å². The van der Waals surface area contributed by atoms with Gasteiger partial charge in [0, 0.05) is 29.2 Å². The standard InChI is InChI=1S/C11H9BrN2O/c1-7-9(6-15)10(12)11(14-7)8-2-4-13-5-3-8/h2-6,14H,1H3. The van der Waals surface area contributed by atoms with E-state index in [4.69, 9.17) is 0 Å². The highest BCUT2D eigenvalue weighted by molar-refractivity contribution is 9.10. The molecule has 0 spiro atoms. The van der Waals surface area contributed by atoms with Crippen LogP contribution in [0, 0.1) is 6.92 Å². The smallest absolute Gasteiger partial charge is 0.153 e. The van der Waals surface area contributed by atoms with E-state index in [-0.39, 0.29) is 0 Å². The van der Waals surface area contributed by atoms with Crippen molar-refractivity contribution >= 4 is 22.2 Å². The summed E-state index contributed by atoms with van der Waals surface area (Å²) in [5, 5.41) is 0. The summed E-state index contributed by atoms with van der Waals surface area (Å²) in [5.74, 6) is 0. The summed E-state index contributed by atoms with van der Waals surface area (Å²) in [6.45, 7) is 1.87. The van der Waals surface area contributed by atoms with Crippen LogP contribution in [-0.2, 0) is 0 Å². The molecule has 2 rings (SSSR count). The van der Waals surface area contributed by atoms with Gasteiger partial charge in [-0.25, -0.2) is 0 Å². The van der Waals surface area contributed by atoms with E-state index in [1.807, 2.05) is 19.1 Å². The van der Waals surface area contributed by atoms with Crippen molar-refractivity contribution < 1.29 is 4.79 Å². The first kappa shape index (κ1) is 10.1. The molecule has 3 nitrogen and oxygen atoms in total. The van der Waals surface area contributed by atoms with Gasteiger partial charge in [0.2, 0.25) is 0 Å². The lowest BCUT2D eigenvalue weighted by molar-refractivity contribution is 0.112. The summed E-state index contributed by atoms with van der Waals surface area (Å²) in [7, 11) is 0. The van der Waals surface area contributed by atoms with Crippen LogP contribution < -0.4 is 0 Å². The van der Waals surface area contributed by atoms with E-state index < -0.39 is 0 Å². The number of pyridine rings is 1. The van der Waals surface area contributed by atoms with Crippen molar-refractivity contribution in [3.8, 4) is 11.3 Å². The van der Waals surface area contributed by atoms with Crippen molar-refractivity contribution in [2.45, 2.75) is 6.92 Å². The second-order valence-corrected chi connectivity index (χ2v) is 4.00. The molecule has 0 atom stereocenters. The molecule has 0 radical (unpaired) electrons. The van der Waals surface area contributed by atoms with E-state index in [0.717, 1.165) is 27.7 Å². The average molecular weight is 265 g/mol. The maximum absolute atomic E-state index is 10.8. The molecule has 76 valence electrons. The van der Waals surface area contributed by atoms with Crippen LogP contribution >= 0.6 is 15.9 Å². The zero-order valence-corrected chi connectivity index (χ0v) is 9.71. The molecule has 0 bridgehead atoms. The average Bonchev–Trinajstić information content (AvgIpc) is 2.55. The first-order chi connectivity index (χ1) is 7.24. The molecule has 0 amide bonds. The summed E-state index contributed by atoms with van der Waals surface area (Å²) >= 11 is 3.42. The summed E-state index contributed by atoms with van der Waals surface area (Å²) in [5.41, 5.74) is 3.45. The minimum Gasteiger partial charge on any atom is -0.357 e. The minimum atomic E-state index is 0.668. The highest BCUT2D eigenvalue weighted by Gasteiger charge is 2.12. The van der Waals surface area contributed by atoms with E-state index >= 15 is 0 Å². The second kappa shape index (κ2) is 3.98. The number of nitrogens with one attached hydrogen (secondary N) is 1. The zero-order valence-electron chi connectivity index (χ0n) is 8.12. The number of halogens is 1. The van der Waals surface area contributed by atoms with E-state index in [0.29, 0.717) is 5.56 Å². The number of nitrogens with zero attached hydrogens (tertiary/aromatic N) is 1. The third kappa shape index (κ3) is 1.72. The molecule has 2 aromatic heterocycles. The van der Waals surface area contributed by atoms with Crippen LogP contribution in [0.5, 0.6) is 0 Å². The predicted molar refractivity (Wildman–Crippen MR) is 61.8 cm³/mol. The van der Waals surface area contributed by atoms with Crippen LogP contribution in [0.25, 0.3) is 11.3 Å². The molecule has 0 fully saturated rings. The van der Waals surface area contributed by atoms with Crippen molar-refractivity contribution in [3.63, 3.8) is 0 Å². The van der Waals surface area contributed by atoms with E-state index in [1.165, 1.54) is 0 Å². The third-order valence-electron chi connectivity index (χ3n) is 2.26. The lowest BCUT2D eigenvalue weighted by Crippen LogP contribution is -1.79. The van der Waals surface area contributed by atoms with Crippen molar-refractivity contribution in [1.29, 1.82) is 0 Å². The fourth-order valence-corrected chi connectivity index (χ4v) is 2.19. The maximum Gasteiger partial charge on any atom is 0.153 e. The largest absolute Gasteiger partial charge is 0.357 e. The highest BCUT2D eigenvalue weighted by atomic mass is 79.9. The third-order valence-corrected chi connectivity index (χ3v) is 3.08. The number of hydrogen-bond donors (Lipinski definition) is 1. The normalized spacial score (nSPS) is 10.3. The number of aromatic nitrogens is 2. The Morgan fingerprint density at radius 2 is 2.07 bits per heavy atom. The van der Waals surface area contributed by atoms with Crippen LogP contribution in [0.1, 0.15) is 16.1 Å². The predicted octanol–water partition coefficient (Wildman–Crippen LogP) is 2.96. The van der Waals surface area contributed by atoms with Gasteiger partial charge in [-0.05, 0) is 35.0 Å². The molecule has 4 heteroatoms. The topological polar surface area (TPSA) is 45.8 Å². The van der Waals surface area contributed by atoms with Gasteiger partial charge in [0.1, 0.15) is 0 Å². The number of aromatic amines is 1.